The lowest BCUT2D eigenvalue weighted by atomic mass is 10.1. The van der Waals surface area contributed by atoms with Crippen LogP contribution in [0.3, 0.4) is 0 Å². The molecule has 2 aromatic carbocycles. The Morgan fingerprint density at radius 1 is 1.03 bits per heavy atom. The lowest BCUT2D eigenvalue weighted by molar-refractivity contribution is -0.117. The van der Waals surface area contributed by atoms with E-state index in [0.29, 0.717) is 12.8 Å². The summed E-state index contributed by atoms with van der Waals surface area (Å²) in [7, 11) is -4.90. The van der Waals surface area contributed by atoms with Crippen LogP contribution in [-0.2, 0) is 28.4 Å². The van der Waals surface area contributed by atoms with Crippen molar-refractivity contribution in [2.45, 2.75) is 43.2 Å². The van der Waals surface area contributed by atoms with E-state index < -0.39 is 23.7 Å². The third-order valence-electron chi connectivity index (χ3n) is 5.61. The maximum Gasteiger partial charge on any atom is 0.337 e. The third kappa shape index (κ3) is 5.33. The molecule has 1 saturated heterocycles. The van der Waals surface area contributed by atoms with Crippen molar-refractivity contribution in [2.75, 3.05) is 20.4 Å². The molecule has 31 heavy (non-hydrogen) atoms. The number of aryl methyl sites for hydroxylation is 1. The van der Waals surface area contributed by atoms with E-state index in [4.69, 9.17) is 9.05 Å². The van der Waals surface area contributed by atoms with Gasteiger partial charge < -0.3 is 9.05 Å². The van der Waals surface area contributed by atoms with Gasteiger partial charge in [0, 0.05) is 26.7 Å². The Labute approximate surface area is 184 Å². The number of carbonyl (C=O) groups excluding carboxylic acids is 1. The first-order chi connectivity index (χ1) is 14.7. The highest BCUT2D eigenvalue weighted by Gasteiger charge is 2.44. The van der Waals surface area contributed by atoms with Crippen molar-refractivity contribution >= 4 is 23.4 Å². The molecule has 0 radical (unpaired) electrons. The SMILES string of the molecule is COP(=O)(CC(=O)CC1CCC(c2ccccc2)N1S(=O)(=O)c1ccc(C)cc1)OC. The summed E-state index contributed by atoms with van der Waals surface area (Å²) in [4.78, 5) is 12.9. The molecule has 9 heteroatoms. The molecular weight excluding hydrogens is 437 g/mol. The average Bonchev–Trinajstić information content (AvgIpc) is 3.18. The van der Waals surface area contributed by atoms with Gasteiger partial charge in [-0.15, -0.1) is 0 Å². The van der Waals surface area contributed by atoms with Crippen molar-refractivity contribution in [3.8, 4) is 0 Å². The van der Waals surface area contributed by atoms with Crippen LogP contribution in [0, 0.1) is 6.92 Å². The zero-order valence-corrected chi connectivity index (χ0v) is 19.6. The van der Waals surface area contributed by atoms with Crippen molar-refractivity contribution in [1.29, 1.82) is 0 Å². The largest absolute Gasteiger partial charge is 0.337 e. The standard InChI is InChI=1S/C22H28NO6PS/c1-17-9-12-21(13-10-17)31(26,27)23-19(15-20(24)16-30(25,28-2)29-3)11-14-22(23)18-7-5-4-6-8-18/h4-10,12-13,19,22H,11,14-16H2,1-3H3. The van der Waals surface area contributed by atoms with Gasteiger partial charge in [0.1, 0.15) is 11.9 Å². The molecule has 2 unspecified atom stereocenters. The van der Waals surface area contributed by atoms with Crippen molar-refractivity contribution in [3.05, 3.63) is 65.7 Å². The second kappa shape index (κ2) is 9.76. The summed E-state index contributed by atoms with van der Waals surface area (Å²) in [6.07, 6.45) is 0.690. The smallest absolute Gasteiger partial charge is 0.312 e. The number of nitrogens with zero attached hydrogens (tertiary/aromatic N) is 1. The fourth-order valence-corrected chi connectivity index (χ4v) is 6.81. The first-order valence-corrected chi connectivity index (χ1v) is 13.2. The van der Waals surface area contributed by atoms with E-state index in [1.54, 1.807) is 24.3 Å². The van der Waals surface area contributed by atoms with Gasteiger partial charge in [-0.1, -0.05) is 48.0 Å². The quantitative estimate of drug-likeness (QED) is 0.512. The topological polar surface area (TPSA) is 90.0 Å². The summed E-state index contributed by atoms with van der Waals surface area (Å²) in [5.74, 6) is -0.352. The molecule has 168 valence electrons. The van der Waals surface area contributed by atoms with Crippen LogP contribution in [0.5, 0.6) is 0 Å². The third-order valence-corrected chi connectivity index (χ3v) is 9.44. The van der Waals surface area contributed by atoms with Gasteiger partial charge in [0.2, 0.25) is 10.0 Å². The zero-order valence-electron chi connectivity index (χ0n) is 17.9. The Balaban J connectivity index is 1.94. The second-order valence-corrected chi connectivity index (χ2v) is 11.8. The van der Waals surface area contributed by atoms with Crippen molar-refractivity contribution in [2.24, 2.45) is 0 Å². The van der Waals surface area contributed by atoms with Crippen molar-refractivity contribution in [1.82, 2.24) is 4.31 Å². The van der Waals surface area contributed by atoms with Crippen LogP contribution in [0.25, 0.3) is 0 Å². The van der Waals surface area contributed by atoms with E-state index in [2.05, 4.69) is 0 Å². The predicted octanol–water partition coefficient (Wildman–Crippen LogP) is 4.33. The van der Waals surface area contributed by atoms with Gasteiger partial charge in [0.25, 0.3) is 0 Å². The molecule has 1 aliphatic heterocycles. The fourth-order valence-electron chi connectivity index (χ4n) is 3.98. The molecule has 2 atom stereocenters. The highest BCUT2D eigenvalue weighted by Crippen LogP contribution is 2.47. The van der Waals surface area contributed by atoms with Gasteiger partial charge in [0.05, 0.1) is 10.9 Å². The molecular formula is C22H28NO6PS. The van der Waals surface area contributed by atoms with Gasteiger partial charge in [-0.3, -0.25) is 9.36 Å². The van der Waals surface area contributed by atoms with Gasteiger partial charge in [0.15, 0.2) is 0 Å². The summed E-state index contributed by atoms with van der Waals surface area (Å²) in [5, 5.41) is 0. The lowest BCUT2D eigenvalue weighted by Gasteiger charge is -2.30. The van der Waals surface area contributed by atoms with E-state index in [1.165, 1.54) is 18.5 Å². The number of ketones is 1. The molecule has 0 aliphatic carbocycles. The predicted molar refractivity (Wildman–Crippen MR) is 119 cm³/mol. The van der Waals surface area contributed by atoms with E-state index in [1.807, 2.05) is 37.3 Å². The molecule has 1 aliphatic rings. The van der Waals surface area contributed by atoms with Crippen LogP contribution in [0.15, 0.2) is 59.5 Å². The number of rotatable bonds is 9. The van der Waals surface area contributed by atoms with E-state index >= 15 is 0 Å². The van der Waals surface area contributed by atoms with Crippen LogP contribution in [0.2, 0.25) is 0 Å². The minimum atomic E-state index is -3.85. The summed E-state index contributed by atoms with van der Waals surface area (Å²) >= 11 is 0. The fraction of sp³-hybridized carbons (Fsp3) is 0.409. The molecule has 1 fully saturated rings. The summed E-state index contributed by atoms with van der Waals surface area (Å²) < 4.78 is 50.8. The number of hydrogen-bond acceptors (Lipinski definition) is 6. The Hall–Kier alpha value is -1.83. The van der Waals surface area contributed by atoms with Crippen molar-refractivity contribution in [3.63, 3.8) is 0 Å². The van der Waals surface area contributed by atoms with Crippen LogP contribution < -0.4 is 0 Å². The Kier molecular flexibility index (Phi) is 7.50. The first-order valence-electron chi connectivity index (χ1n) is 10.1. The highest BCUT2D eigenvalue weighted by atomic mass is 32.2. The molecule has 1 heterocycles. The molecule has 0 saturated carbocycles. The van der Waals surface area contributed by atoms with E-state index in [0.717, 1.165) is 11.1 Å². The number of benzene rings is 2. The first kappa shape index (κ1) is 23.8. The normalized spacial score (nSPS) is 20.1. The molecule has 7 nitrogen and oxygen atoms in total. The van der Waals surface area contributed by atoms with E-state index in [9.17, 15) is 17.8 Å². The van der Waals surface area contributed by atoms with Gasteiger partial charge >= 0.3 is 7.60 Å². The molecule has 0 aromatic heterocycles. The van der Waals surface area contributed by atoms with E-state index in [-0.39, 0.29) is 29.3 Å². The summed E-state index contributed by atoms with van der Waals surface area (Å²) in [6.45, 7) is 1.89. The maximum atomic E-state index is 13.6. The lowest BCUT2D eigenvalue weighted by Crippen LogP contribution is -2.38. The van der Waals surface area contributed by atoms with Crippen LogP contribution >= 0.6 is 7.60 Å². The molecule has 0 amide bonds. The number of sulfonamides is 1. The Morgan fingerprint density at radius 2 is 1.65 bits per heavy atom. The number of Topliss-reactive ketones (excluding diaryl/α,β-unsaturated/α-hetero) is 1. The molecule has 2 aromatic rings. The van der Waals surface area contributed by atoms with Gasteiger partial charge in [-0.2, -0.15) is 4.31 Å². The molecule has 0 spiro atoms. The maximum absolute atomic E-state index is 13.6. The molecule has 0 N–H and O–H groups in total. The van der Waals surface area contributed by atoms with Crippen molar-refractivity contribution < 1.29 is 26.8 Å². The number of hydrogen-bond donors (Lipinski definition) is 0. The van der Waals surface area contributed by atoms with Crippen LogP contribution in [-0.4, -0.2) is 44.9 Å². The molecule has 3 rings (SSSR count). The second-order valence-electron chi connectivity index (χ2n) is 7.68. The summed E-state index contributed by atoms with van der Waals surface area (Å²) in [5.41, 5.74) is 1.84. The minimum Gasteiger partial charge on any atom is -0.312 e. The van der Waals surface area contributed by atoms with Crippen LogP contribution in [0.1, 0.15) is 36.4 Å². The zero-order chi connectivity index (χ0) is 22.6. The van der Waals surface area contributed by atoms with Gasteiger partial charge in [-0.25, -0.2) is 8.42 Å². The molecule has 0 bridgehead atoms. The Bertz CT molecular complexity index is 1050. The Morgan fingerprint density at radius 3 is 2.23 bits per heavy atom. The van der Waals surface area contributed by atoms with Crippen LogP contribution in [0.4, 0.5) is 0 Å². The van der Waals surface area contributed by atoms with Gasteiger partial charge in [-0.05, 0) is 37.5 Å². The average molecular weight is 466 g/mol. The minimum absolute atomic E-state index is 0.0505. The monoisotopic (exact) mass is 465 g/mol. The highest BCUT2D eigenvalue weighted by molar-refractivity contribution is 7.89. The summed E-state index contributed by atoms with van der Waals surface area (Å²) in [6, 6.07) is 15.2. The number of carbonyl (C=O) groups is 1.